The summed E-state index contributed by atoms with van der Waals surface area (Å²) in [5.74, 6) is 1.64. The summed E-state index contributed by atoms with van der Waals surface area (Å²) in [6.07, 6.45) is 0.839. The molecule has 3 heteroatoms. The fourth-order valence-electron chi connectivity index (χ4n) is 0.696. The summed E-state index contributed by atoms with van der Waals surface area (Å²) >= 11 is 4.65. The van der Waals surface area contributed by atoms with Crippen LogP contribution in [0, 0.1) is 11.8 Å². The number of hydrogen-bond acceptors (Lipinski definition) is 3. The fraction of sp³-hybridized carbons (Fsp3) is 0.625. The highest BCUT2D eigenvalue weighted by Gasteiger charge is 2.01. The van der Waals surface area contributed by atoms with Crippen molar-refractivity contribution >= 4 is 12.2 Å². The maximum atomic E-state index is 5.01. The largest absolute Gasteiger partial charge is 0.419 e. The second kappa shape index (κ2) is 5.13. The number of aryl methyl sites for hydroxylation is 2. The van der Waals surface area contributed by atoms with E-state index in [1.165, 1.54) is 0 Å². The molecule has 0 radical (unpaired) electrons. The Labute approximate surface area is 72.2 Å². The first-order valence-corrected chi connectivity index (χ1v) is 4.24. The molecule has 0 aliphatic heterocycles. The third kappa shape index (κ3) is 2.89. The SMILES string of the molecule is CC.CCc1oc(=S)oc1C. The van der Waals surface area contributed by atoms with Crippen molar-refractivity contribution < 1.29 is 8.83 Å². The third-order valence-corrected chi connectivity index (χ3v) is 1.32. The highest BCUT2D eigenvalue weighted by Crippen LogP contribution is 2.10. The van der Waals surface area contributed by atoms with E-state index in [2.05, 4.69) is 12.2 Å². The first-order chi connectivity index (χ1) is 5.24. The van der Waals surface area contributed by atoms with E-state index >= 15 is 0 Å². The lowest BCUT2D eigenvalue weighted by Crippen LogP contribution is -1.75. The molecule has 0 saturated heterocycles. The second-order valence-corrected chi connectivity index (χ2v) is 2.12. The van der Waals surface area contributed by atoms with Gasteiger partial charge in [-0.1, -0.05) is 20.8 Å². The minimum absolute atomic E-state index is 0.226. The van der Waals surface area contributed by atoms with Gasteiger partial charge in [0.1, 0.15) is 11.5 Å². The van der Waals surface area contributed by atoms with E-state index in [4.69, 9.17) is 8.83 Å². The Balaban J connectivity index is 0.000000461. The molecule has 64 valence electrons. The zero-order valence-electron chi connectivity index (χ0n) is 7.43. The van der Waals surface area contributed by atoms with Crippen molar-refractivity contribution in [1.29, 1.82) is 0 Å². The lowest BCUT2D eigenvalue weighted by Gasteiger charge is -1.82. The van der Waals surface area contributed by atoms with Crippen LogP contribution in [0.3, 0.4) is 0 Å². The molecule has 1 aromatic rings. The maximum Gasteiger partial charge on any atom is 0.363 e. The summed E-state index contributed by atoms with van der Waals surface area (Å²) < 4.78 is 9.97. The van der Waals surface area contributed by atoms with Crippen LogP contribution < -0.4 is 0 Å². The van der Waals surface area contributed by atoms with Gasteiger partial charge in [-0.3, -0.25) is 0 Å². The van der Waals surface area contributed by atoms with Gasteiger partial charge < -0.3 is 8.83 Å². The molecule has 0 fully saturated rings. The van der Waals surface area contributed by atoms with E-state index in [1.54, 1.807) is 0 Å². The Hall–Kier alpha value is -0.570. The predicted octanol–water partition coefficient (Wildman–Crippen LogP) is 3.50. The zero-order valence-corrected chi connectivity index (χ0v) is 8.25. The molecule has 0 amide bonds. The summed E-state index contributed by atoms with van der Waals surface area (Å²) in [5, 5.41) is 0. The Kier molecular flexibility index (Phi) is 4.86. The lowest BCUT2D eigenvalue weighted by molar-refractivity contribution is 0.402. The van der Waals surface area contributed by atoms with Crippen molar-refractivity contribution in [3.8, 4) is 0 Å². The molecule has 0 saturated carbocycles. The topological polar surface area (TPSA) is 26.3 Å². The van der Waals surface area contributed by atoms with Gasteiger partial charge in [0.25, 0.3) is 0 Å². The highest BCUT2D eigenvalue weighted by atomic mass is 32.1. The van der Waals surface area contributed by atoms with E-state index in [-0.39, 0.29) is 4.90 Å². The van der Waals surface area contributed by atoms with E-state index in [0.29, 0.717) is 0 Å². The minimum atomic E-state index is 0.226. The van der Waals surface area contributed by atoms with Crippen LogP contribution in [0.25, 0.3) is 0 Å². The van der Waals surface area contributed by atoms with Gasteiger partial charge in [0.2, 0.25) is 0 Å². The summed E-state index contributed by atoms with van der Waals surface area (Å²) in [7, 11) is 0. The van der Waals surface area contributed by atoms with Crippen molar-refractivity contribution in [3.05, 3.63) is 16.4 Å². The lowest BCUT2D eigenvalue weighted by atomic mass is 10.3. The van der Waals surface area contributed by atoms with Crippen LogP contribution in [0.5, 0.6) is 0 Å². The summed E-state index contributed by atoms with van der Waals surface area (Å²) in [6, 6.07) is 0. The van der Waals surface area contributed by atoms with Gasteiger partial charge >= 0.3 is 4.90 Å². The van der Waals surface area contributed by atoms with Crippen LogP contribution in [-0.2, 0) is 6.42 Å². The molecule has 0 aliphatic carbocycles. The van der Waals surface area contributed by atoms with E-state index < -0.39 is 0 Å². The van der Waals surface area contributed by atoms with Crippen molar-refractivity contribution in [2.24, 2.45) is 0 Å². The van der Waals surface area contributed by atoms with Crippen LogP contribution >= 0.6 is 12.2 Å². The molecule has 2 nitrogen and oxygen atoms in total. The first-order valence-electron chi connectivity index (χ1n) is 3.83. The van der Waals surface area contributed by atoms with Gasteiger partial charge in [-0.05, 0) is 6.92 Å². The molecule has 1 aromatic heterocycles. The average molecular weight is 174 g/mol. The van der Waals surface area contributed by atoms with Crippen LogP contribution in [0.15, 0.2) is 8.83 Å². The van der Waals surface area contributed by atoms with Gasteiger partial charge in [-0.25, -0.2) is 0 Å². The molecule has 1 rings (SSSR count). The molecule has 0 aromatic carbocycles. The zero-order chi connectivity index (χ0) is 8.85. The molecule has 0 aliphatic rings. The molecule has 1 heterocycles. The third-order valence-electron chi connectivity index (χ3n) is 1.16. The molecular weight excluding hydrogens is 160 g/mol. The molecule has 11 heavy (non-hydrogen) atoms. The maximum absolute atomic E-state index is 5.01. The second-order valence-electron chi connectivity index (χ2n) is 1.79. The van der Waals surface area contributed by atoms with Crippen molar-refractivity contribution in [1.82, 2.24) is 0 Å². The predicted molar refractivity (Wildman–Crippen MR) is 47.3 cm³/mol. The average Bonchev–Trinajstić information content (AvgIpc) is 2.33. The standard InChI is InChI=1S/C6H8O2S.C2H6/c1-3-5-4(2)7-6(9)8-5;1-2/h3H2,1-2H3;1-2H3. The molecule has 0 bridgehead atoms. The highest BCUT2D eigenvalue weighted by molar-refractivity contribution is 7.71. The van der Waals surface area contributed by atoms with Crippen LogP contribution in [0.4, 0.5) is 0 Å². The van der Waals surface area contributed by atoms with Gasteiger partial charge in [-0.2, -0.15) is 0 Å². The Bertz CT molecular complexity index is 247. The molecule has 0 N–H and O–H groups in total. The summed E-state index contributed by atoms with van der Waals surface area (Å²) in [6.45, 7) is 7.84. The Morgan fingerprint density at radius 3 is 2.00 bits per heavy atom. The molecule has 0 atom stereocenters. The monoisotopic (exact) mass is 174 g/mol. The van der Waals surface area contributed by atoms with Crippen molar-refractivity contribution in [2.45, 2.75) is 34.1 Å². The van der Waals surface area contributed by atoms with Gasteiger partial charge in [-0.15, -0.1) is 0 Å². The van der Waals surface area contributed by atoms with Crippen LogP contribution in [-0.4, -0.2) is 0 Å². The molecule has 0 unspecified atom stereocenters. The normalized spacial score (nSPS) is 8.73. The van der Waals surface area contributed by atoms with Crippen LogP contribution in [0.2, 0.25) is 0 Å². The summed E-state index contributed by atoms with van der Waals surface area (Å²) in [4.78, 5) is 0.226. The van der Waals surface area contributed by atoms with Gasteiger partial charge in [0.05, 0.1) is 0 Å². The first kappa shape index (κ1) is 10.4. The summed E-state index contributed by atoms with van der Waals surface area (Å²) in [5.41, 5.74) is 0. The minimum Gasteiger partial charge on any atom is -0.419 e. The van der Waals surface area contributed by atoms with Crippen molar-refractivity contribution in [2.75, 3.05) is 0 Å². The van der Waals surface area contributed by atoms with Crippen molar-refractivity contribution in [3.63, 3.8) is 0 Å². The quantitative estimate of drug-likeness (QED) is 0.609. The van der Waals surface area contributed by atoms with E-state index in [1.807, 2.05) is 27.7 Å². The Morgan fingerprint density at radius 2 is 1.82 bits per heavy atom. The molecular formula is C8H14O2S. The number of rotatable bonds is 1. The van der Waals surface area contributed by atoms with Crippen LogP contribution in [0.1, 0.15) is 32.3 Å². The smallest absolute Gasteiger partial charge is 0.363 e. The Morgan fingerprint density at radius 1 is 1.27 bits per heavy atom. The number of hydrogen-bond donors (Lipinski definition) is 0. The van der Waals surface area contributed by atoms with E-state index in [9.17, 15) is 0 Å². The van der Waals surface area contributed by atoms with Gasteiger partial charge in [0, 0.05) is 18.6 Å². The molecule has 0 spiro atoms. The van der Waals surface area contributed by atoms with Gasteiger partial charge in [0.15, 0.2) is 0 Å². The van der Waals surface area contributed by atoms with E-state index in [0.717, 1.165) is 17.9 Å². The fourth-order valence-corrected chi connectivity index (χ4v) is 0.922.